The van der Waals surface area contributed by atoms with Gasteiger partial charge in [-0.1, -0.05) is 18.2 Å². The number of fused-ring (bicyclic) bond motifs is 1. The highest BCUT2D eigenvalue weighted by Gasteiger charge is 2.28. The molecule has 0 saturated carbocycles. The predicted octanol–water partition coefficient (Wildman–Crippen LogP) is 2.72. The van der Waals surface area contributed by atoms with E-state index in [-0.39, 0.29) is 6.54 Å². The van der Waals surface area contributed by atoms with Gasteiger partial charge in [0.15, 0.2) is 6.10 Å². The molecule has 2 unspecified atom stereocenters. The van der Waals surface area contributed by atoms with E-state index in [0.717, 1.165) is 9.58 Å². The van der Waals surface area contributed by atoms with Crippen LogP contribution in [0.1, 0.15) is 16.8 Å². The number of hydrogen-bond donors (Lipinski definition) is 3. The average molecular weight is 401 g/mol. The zero-order valence-electron chi connectivity index (χ0n) is 13.9. The summed E-state index contributed by atoms with van der Waals surface area (Å²) in [6.07, 6.45) is -1.58. The summed E-state index contributed by atoms with van der Waals surface area (Å²) in [6.45, 7) is 0.0807. The fourth-order valence-electron chi connectivity index (χ4n) is 2.48. The topological polar surface area (TPSA) is 108 Å². The van der Waals surface area contributed by atoms with Gasteiger partial charge in [0.2, 0.25) is 5.89 Å². The molecule has 0 aliphatic rings. The molecule has 4 aromatic rings. The predicted molar refractivity (Wildman–Crippen MR) is 102 cm³/mol. The van der Waals surface area contributed by atoms with Crippen molar-refractivity contribution in [3.63, 3.8) is 0 Å². The van der Waals surface area contributed by atoms with Crippen molar-refractivity contribution in [1.29, 1.82) is 0 Å². The van der Waals surface area contributed by atoms with Crippen molar-refractivity contribution in [2.24, 2.45) is 0 Å². The number of carbonyl (C=O) groups is 1. The normalized spacial score (nSPS) is 13.6. The Labute approximate surface area is 162 Å². The lowest BCUT2D eigenvalue weighted by Gasteiger charge is -2.14. The molecule has 4 rings (SSSR count). The molecule has 0 aliphatic heterocycles. The first-order valence-electron chi connectivity index (χ1n) is 8.09. The van der Waals surface area contributed by atoms with Crippen LogP contribution < -0.4 is 5.32 Å². The van der Waals surface area contributed by atoms with Crippen molar-refractivity contribution in [1.82, 2.24) is 15.3 Å². The van der Waals surface area contributed by atoms with E-state index < -0.39 is 18.1 Å². The molecule has 0 aliphatic carbocycles. The minimum atomic E-state index is -1.63. The molecule has 1 amide bonds. The Morgan fingerprint density at radius 3 is 2.81 bits per heavy atom. The second-order valence-electron chi connectivity index (χ2n) is 5.75. The van der Waals surface area contributed by atoms with Crippen LogP contribution in [0.4, 0.5) is 0 Å². The number of benzene rings is 1. The van der Waals surface area contributed by atoms with E-state index >= 15 is 0 Å². The van der Waals surface area contributed by atoms with E-state index in [1.54, 1.807) is 0 Å². The third kappa shape index (κ3) is 3.76. The van der Waals surface area contributed by atoms with Crippen molar-refractivity contribution in [2.45, 2.75) is 18.8 Å². The lowest BCUT2D eigenvalue weighted by atomic mass is 10.2. The van der Waals surface area contributed by atoms with E-state index in [1.165, 1.54) is 28.9 Å². The Bertz CT molecular complexity index is 1020. The number of para-hydroxylation sites is 1. The van der Waals surface area contributed by atoms with Crippen molar-refractivity contribution in [2.75, 3.05) is 0 Å². The molecule has 9 heteroatoms. The zero-order chi connectivity index (χ0) is 18.8. The number of aromatic nitrogens is 2. The molecule has 27 heavy (non-hydrogen) atoms. The van der Waals surface area contributed by atoms with E-state index in [9.17, 15) is 15.0 Å². The molecule has 1 aromatic carbocycles. The Kier molecular flexibility index (Phi) is 4.99. The first-order chi connectivity index (χ1) is 13.1. The van der Waals surface area contributed by atoms with Crippen LogP contribution in [0.2, 0.25) is 0 Å². The minimum Gasteiger partial charge on any atom is -0.443 e. The number of oxazole rings is 1. The van der Waals surface area contributed by atoms with Crippen LogP contribution >= 0.6 is 22.7 Å². The molecule has 0 saturated heterocycles. The van der Waals surface area contributed by atoms with Crippen LogP contribution in [0.25, 0.3) is 21.0 Å². The van der Waals surface area contributed by atoms with E-state index in [1.807, 2.05) is 41.8 Å². The average Bonchev–Trinajstić information content (AvgIpc) is 3.44. The summed E-state index contributed by atoms with van der Waals surface area (Å²) in [7, 11) is 0. The quantitative estimate of drug-likeness (QED) is 0.458. The third-order valence-electron chi connectivity index (χ3n) is 3.86. The van der Waals surface area contributed by atoms with Crippen LogP contribution in [0, 0.1) is 0 Å². The van der Waals surface area contributed by atoms with Gasteiger partial charge >= 0.3 is 0 Å². The first-order valence-corrected chi connectivity index (χ1v) is 9.79. The van der Waals surface area contributed by atoms with Crippen molar-refractivity contribution < 1.29 is 19.4 Å². The maximum absolute atomic E-state index is 12.2. The third-order valence-corrected chi connectivity index (χ3v) is 5.82. The van der Waals surface area contributed by atoms with Crippen LogP contribution in [-0.2, 0) is 11.3 Å². The Morgan fingerprint density at radius 1 is 1.19 bits per heavy atom. The van der Waals surface area contributed by atoms with Gasteiger partial charge in [-0.05, 0) is 23.6 Å². The number of thiazole rings is 1. The molecule has 0 spiro atoms. The smallest absolute Gasteiger partial charge is 0.252 e. The van der Waals surface area contributed by atoms with Crippen molar-refractivity contribution in [3.8, 4) is 10.8 Å². The standard InChI is InChI=1S/C18H15N3O4S2/c22-14(15(23)18-21-11-4-1-2-5-12(11)27-18)16(24)19-8-10-9-25-17(20-10)13-6-3-7-26-13/h1-7,9,14-15,22-23H,8H2,(H,19,24). The maximum atomic E-state index is 12.2. The van der Waals surface area contributed by atoms with Crippen LogP contribution in [0.3, 0.4) is 0 Å². The number of hydrogen-bond acceptors (Lipinski definition) is 8. The SMILES string of the molecule is O=C(NCc1coc(-c2cccs2)n1)C(O)C(O)c1nc2ccccc2s1. The van der Waals surface area contributed by atoms with Crippen LogP contribution in [-0.4, -0.2) is 32.2 Å². The number of aliphatic hydroxyl groups excluding tert-OH is 2. The highest BCUT2D eigenvalue weighted by molar-refractivity contribution is 7.18. The fourth-order valence-corrected chi connectivity index (χ4v) is 4.12. The number of nitrogens with one attached hydrogen (secondary N) is 1. The van der Waals surface area contributed by atoms with Gasteiger partial charge in [-0.25, -0.2) is 9.97 Å². The van der Waals surface area contributed by atoms with E-state index in [0.29, 0.717) is 22.1 Å². The van der Waals surface area contributed by atoms with Gasteiger partial charge in [-0.3, -0.25) is 4.79 Å². The van der Waals surface area contributed by atoms with Gasteiger partial charge in [0.1, 0.15) is 17.4 Å². The van der Waals surface area contributed by atoms with E-state index in [4.69, 9.17) is 4.42 Å². The summed E-state index contributed by atoms with van der Waals surface area (Å²) < 4.78 is 6.26. The second-order valence-corrected chi connectivity index (χ2v) is 7.76. The lowest BCUT2D eigenvalue weighted by molar-refractivity contribution is -0.135. The molecule has 0 bridgehead atoms. The van der Waals surface area contributed by atoms with Crippen LogP contribution in [0.15, 0.2) is 52.5 Å². The van der Waals surface area contributed by atoms with Gasteiger partial charge in [0.05, 0.1) is 27.3 Å². The molecule has 3 aromatic heterocycles. The summed E-state index contributed by atoms with van der Waals surface area (Å²) in [5.74, 6) is -0.230. The van der Waals surface area contributed by atoms with Crippen molar-refractivity contribution in [3.05, 3.63) is 58.7 Å². The molecule has 138 valence electrons. The highest BCUT2D eigenvalue weighted by Crippen LogP contribution is 2.28. The molecular formula is C18H15N3O4S2. The Morgan fingerprint density at radius 2 is 2.04 bits per heavy atom. The van der Waals surface area contributed by atoms with Gasteiger partial charge < -0.3 is 19.9 Å². The molecule has 3 N–H and O–H groups in total. The van der Waals surface area contributed by atoms with Gasteiger partial charge in [-0.15, -0.1) is 22.7 Å². The van der Waals surface area contributed by atoms with Gasteiger partial charge in [-0.2, -0.15) is 0 Å². The summed E-state index contributed by atoms with van der Waals surface area (Å²) in [6, 6.07) is 11.2. The van der Waals surface area contributed by atoms with Gasteiger partial charge in [0.25, 0.3) is 5.91 Å². The maximum Gasteiger partial charge on any atom is 0.252 e. The van der Waals surface area contributed by atoms with E-state index in [2.05, 4.69) is 15.3 Å². The first kappa shape index (κ1) is 17.8. The number of nitrogens with zero attached hydrogens (tertiary/aromatic N) is 2. The number of rotatable bonds is 6. The second kappa shape index (κ2) is 7.57. The largest absolute Gasteiger partial charge is 0.443 e. The summed E-state index contributed by atoms with van der Waals surface area (Å²) in [5, 5.41) is 25.2. The highest BCUT2D eigenvalue weighted by atomic mass is 32.1. The van der Waals surface area contributed by atoms with Crippen molar-refractivity contribution >= 4 is 38.8 Å². The molecule has 7 nitrogen and oxygen atoms in total. The number of carbonyl (C=O) groups excluding carboxylic acids is 1. The summed E-state index contributed by atoms with van der Waals surface area (Å²) in [5.41, 5.74) is 1.24. The molecular weight excluding hydrogens is 386 g/mol. The molecule has 3 heterocycles. The molecule has 0 radical (unpaired) electrons. The molecule has 0 fully saturated rings. The Hall–Kier alpha value is -2.59. The Balaban J connectivity index is 1.38. The monoisotopic (exact) mass is 401 g/mol. The fraction of sp³-hybridized carbons (Fsp3) is 0.167. The minimum absolute atomic E-state index is 0.0807. The number of aliphatic hydroxyl groups is 2. The number of thiophene rings is 1. The van der Waals surface area contributed by atoms with Crippen LogP contribution in [0.5, 0.6) is 0 Å². The zero-order valence-corrected chi connectivity index (χ0v) is 15.5. The number of amides is 1. The summed E-state index contributed by atoms with van der Waals surface area (Å²) >= 11 is 2.74. The lowest BCUT2D eigenvalue weighted by Crippen LogP contribution is -2.38. The summed E-state index contributed by atoms with van der Waals surface area (Å²) in [4.78, 5) is 21.6. The molecule has 2 atom stereocenters. The van der Waals surface area contributed by atoms with Gasteiger partial charge in [0, 0.05) is 0 Å².